The number of nitrogens with zero attached hydrogens (tertiary/aromatic N) is 4. The minimum atomic E-state index is 0.629. The minimum absolute atomic E-state index is 0.629. The highest BCUT2D eigenvalue weighted by Gasteiger charge is 2.19. The Morgan fingerprint density at radius 3 is 2.26 bits per heavy atom. The Bertz CT molecular complexity index is 951. The SMILES string of the molecule is Cc1nc2c(Cl)cc(-c3ccc(N4CCN(C(C)C)CC4)cc3)cc2n1C. The average molecular weight is 383 g/mol. The molecule has 0 bridgehead atoms. The summed E-state index contributed by atoms with van der Waals surface area (Å²) in [5.41, 5.74) is 5.56. The molecular formula is C22H27ClN4. The zero-order valence-electron chi connectivity index (χ0n) is 16.5. The van der Waals surface area contributed by atoms with Gasteiger partial charge in [0.15, 0.2) is 0 Å². The first-order valence-corrected chi connectivity index (χ1v) is 10.0. The van der Waals surface area contributed by atoms with Crippen LogP contribution in [0.25, 0.3) is 22.2 Å². The third-order valence-corrected chi connectivity index (χ3v) is 6.06. The van der Waals surface area contributed by atoms with Crippen LogP contribution in [0.15, 0.2) is 36.4 Å². The van der Waals surface area contributed by atoms with Crippen LogP contribution in [0.1, 0.15) is 19.7 Å². The molecule has 0 spiro atoms. The lowest BCUT2D eigenvalue weighted by molar-refractivity contribution is 0.209. The molecule has 2 aromatic carbocycles. The Morgan fingerprint density at radius 2 is 1.63 bits per heavy atom. The summed E-state index contributed by atoms with van der Waals surface area (Å²) in [5.74, 6) is 0.972. The number of anilines is 1. The van der Waals surface area contributed by atoms with Crippen molar-refractivity contribution < 1.29 is 0 Å². The Hall–Kier alpha value is -2.04. The van der Waals surface area contributed by atoms with Crippen molar-refractivity contribution in [3.8, 4) is 11.1 Å². The Morgan fingerprint density at radius 1 is 0.963 bits per heavy atom. The zero-order valence-corrected chi connectivity index (χ0v) is 17.3. The predicted octanol–water partition coefficient (Wildman–Crippen LogP) is 4.73. The fourth-order valence-corrected chi connectivity index (χ4v) is 4.15. The zero-order chi connectivity index (χ0) is 19.1. The standard InChI is InChI=1S/C22H27ClN4/c1-15(2)26-9-11-27(12-10-26)19-7-5-17(6-8-19)18-13-20(23)22-21(14-18)25(4)16(3)24-22/h5-8,13-15H,9-12H2,1-4H3. The Balaban J connectivity index is 1.58. The van der Waals surface area contributed by atoms with Gasteiger partial charge in [0.2, 0.25) is 0 Å². The van der Waals surface area contributed by atoms with Gasteiger partial charge in [-0.25, -0.2) is 4.98 Å². The second kappa shape index (κ2) is 7.17. The molecule has 1 aliphatic heterocycles. The van der Waals surface area contributed by atoms with E-state index >= 15 is 0 Å². The first-order chi connectivity index (χ1) is 12.9. The highest BCUT2D eigenvalue weighted by Crippen LogP contribution is 2.31. The van der Waals surface area contributed by atoms with Crippen molar-refractivity contribution >= 4 is 28.3 Å². The average Bonchev–Trinajstić information content (AvgIpc) is 2.97. The summed E-state index contributed by atoms with van der Waals surface area (Å²) in [4.78, 5) is 9.58. The lowest BCUT2D eigenvalue weighted by Gasteiger charge is -2.38. The van der Waals surface area contributed by atoms with Gasteiger partial charge in [-0.3, -0.25) is 4.90 Å². The first-order valence-electron chi connectivity index (χ1n) is 9.66. The molecule has 0 N–H and O–H groups in total. The maximum Gasteiger partial charge on any atom is 0.107 e. The van der Waals surface area contributed by atoms with Crippen LogP contribution < -0.4 is 4.90 Å². The van der Waals surface area contributed by atoms with E-state index in [9.17, 15) is 0 Å². The summed E-state index contributed by atoms with van der Waals surface area (Å²) in [6.07, 6.45) is 0. The van der Waals surface area contributed by atoms with Gasteiger partial charge in [-0.05, 0) is 56.2 Å². The molecule has 0 amide bonds. The summed E-state index contributed by atoms with van der Waals surface area (Å²) in [6.45, 7) is 11.0. The van der Waals surface area contributed by atoms with Gasteiger partial charge in [0.1, 0.15) is 11.3 Å². The van der Waals surface area contributed by atoms with Crippen molar-refractivity contribution in [2.45, 2.75) is 26.8 Å². The van der Waals surface area contributed by atoms with E-state index in [4.69, 9.17) is 11.6 Å². The molecule has 3 aromatic rings. The number of halogens is 1. The molecule has 142 valence electrons. The van der Waals surface area contributed by atoms with Gasteiger partial charge in [-0.15, -0.1) is 0 Å². The summed E-state index contributed by atoms with van der Waals surface area (Å²) in [7, 11) is 2.03. The maximum absolute atomic E-state index is 6.50. The topological polar surface area (TPSA) is 24.3 Å². The molecule has 0 aliphatic carbocycles. The number of benzene rings is 2. The van der Waals surface area contributed by atoms with E-state index in [-0.39, 0.29) is 0 Å². The summed E-state index contributed by atoms with van der Waals surface area (Å²) < 4.78 is 2.09. The van der Waals surface area contributed by atoms with Gasteiger partial charge in [0.25, 0.3) is 0 Å². The predicted molar refractivity (Wildman–Crippen MR) is 115 cm³/mol. The first kappa shape index (κ1) is 18.3. The molecule has 4 rings (SSSR count). The number of hydrogen-bond donors (Lipinski definition) is 0. The number of fused-ring (bicyclic) bond motifs is 1. The van der Waals surface area contributed by atoms with Crippen molar-refractivity contribution in [2.24, 2.45) is 7.05 Å². The molecule has 0 atom stereocenters. The molecule has 1 aromatic heterocycles. The van der Waals surface area contributed by atoms with Gasteiger partial charge < -0.3 is 9.47 Å². The lowest BCUT2D eigenvalue weighted by atomic mass is 10.0. The third kappa shape index (κ3) is 3.44. The fourth-order valence-electron chi connectivity index (χ4n) is 3.89. The number of imidazole rings is 1. The van der Waals surface area contributed by atoms with Gasteiger partial charge >= 0.3 is 0 Å². The molecule has 1 aliphatic rings. The van der Waals surface area contributed by atoms with Crippen molar-refractivity contribution in [3.05, 3.63) is 47.2 Å². The van der Waals surface area contributed by atoms with Crippen molar-refractivity contribution in [1.82, 2.24) is 14.5 Å². The van der Waals surface area contributed by atoms with Gasteiger partial charge in [-0.1, -0.05) is 23.7 Å². The molecule has 4 nitrogen and oxygen atoms in total. The van der Waals surface area contributed by atoms with Gasteiger partial charge in [0, 0.05) is 45.0 Å². The summed E-state index contributed by atoms with van der Waals surface area (Å²) in [5, 5.41) is 0.708. The Kier molecular flexibility index (Phi) is 4.87. The van der Waals surface area contributed by atoms with Crippen LogP contribution in [0.3, 0.4) is 0 Å². The molecule has 1 fully saturated rings. The van der Waals surface area contributed by atoms with Crippen LogP contribution >= 0.6 is 11.6 Å². The maximum atomic E-state index is 6.50. The van der Waals surface area contributed by atoms with Gasteiger partial charge in [-0.2, -0.15) is 0 Å². The van der Waals surface area contributed by atoms with E-state index in [0.717, 1.165) is 48.6 Å². The molecule has 0 saturated carbocycles. The Labute approximate surface area is 166 Å². The molecular weight excluding hydrogens is 356 g/mol. The molecule has 0 radical (unpaired) electrons. The van der Waals surface area contributed by atoms with Crippen LogP contribution in [0.5, 0.6) is 0 Å². The van der Waals surface area contributed by atoms with Crippen LogP contribution in [-0.2, 0) is 7.05 Å². The number of aryl methyl sites for hydroxylation is 2. The van der Waals surface area contributed by atoms with Crippen molar-refractivity contribution in [2.75, 3.05) is 31.1 Å². The number of rotatable bonds is 3. The van der Waals surface area contributed by atoms with Gasteiger partial charge in [0.05, 0.1) is 10.5 Å². The summed E-state index contributed by atoms with van der Waals surface area (Å²) >= 11 is 6.50. The van der Waals surface area contributed by atoms with Crippen molar-refractivity contribution in [3.63, 3.8) is 0 Å². The van der Waals surface area contributed by atoms with E-state index in [1.165, 1.54) is 11.3 Å². The molecule has 2 heterocycles. The smallest absolute Gasteiger partial charge is 0.107 e. The highest BCUT2D eigenvalue weighted by atomic mass is 35.5. The molecule has 27 heavy (non-hydrogen) atoms. The fraction of sp³-hybridized carbons (Fsp3) is 0.409. The summed E-state index contributed by atoms with van der Waals surface area (Å²) in [6, 6.07) is 13.7. The number of piperazine rings is 1. The van der Waals surface area contributed by atoms with Crippen LogP contribution in [-0.4, -0.2) is 46.7 Å². The van der Waals surface area contributed by atoms with Crippen molar-refractivity contribution in [1.29, 1.82) is 0 Å². The minimum Gasteiger partial charge on any atom is -0.369 e. The molecule has 5 heteroatoms. The normalized spacial score (nSPS) is 15.9. The second-order valence-corrected chi connectivity index (χ2v) is 8.11. The van der Waals surface area contributed by atoms with Crippen LogP contribution in [0.4, 0.5) is 5.69 Å². The van der Waals surface area contributed by atoms with E-state index in [1.807, 2.05) is 20.0 Å². The largest absolute Gasteiger partial charge is 0.369 e. The lowest BCUT2D eigenvalue weighted by Crippen LogP contribution is -2.48. The van der Waals surface area contributed by atoms with E-state index in [0.29, 0.717) is 11.1 Å². The van der Waals surface area contributed by atoms with Crippen LogP contribution in [0, 0.1) is 6.92 Å². The highest BCUT2D eigenvalue weighted by molar-refractivity contribution is 6.35. The van der Waals surface area contributed by atoms with E-state index in [2.05, 4.69) is 63.5 Å². The molecule has 1 saturated heterocycles. The number of hydrogen-bond acceptors (Lipinski definition) is 3. The van der Waals surface area contributed by atoms with Crippen LogP contribution in [0.2, 0.25) is 5.02 Å². The van der Waals surface area contributed by atoms with E-state index < -0.39 is 0 Å². The quantitative estimate of drug-likeness (QED) is 0.654. The van der Waals surface area contributed by atoms with E-state index in [1.54, 1.807) is 0 Å². The monoisotopic (exact) mass is 382 g/mol. The number of aromatic nitrogens is 2. The third-order valence-electron chi connectivity index (χ3n) is 5.77. The molecule has 0 unspecified atom stereocenters. The second-order valence-electron chi connectivity index (χ2n) is 7.71.